The number of nitrogens with zero attached hydrogens (tertiary/aromatic N) is 1. The fraction of sp³-hybridized carbons (Fsp3) is 0.406. The van der Waals surface area contributed by atoms with E-state index < -0.39 is 0 Å². The van der Waals surface area contributed by atoms with E-state index in [0.29, 0.717) is 5.82 Å². The molecule has 0 saturated carbocycles. The Hall–Kier alpha value is -2.58. The van der Waals surface area contributed by atoms with E-state index in [9.17, 15) is 0 Å². The number of halogens is 1. The second-order valence-corrected chi connectivity index (χ2v) is 9.98. The first-order valence-electron chi connectivity index (χ1n) is 13.1. The number of anilines is 1. The Bertz CT molecular complexity index is 1090. The maximum Gasteiger partial charge on any atom is 0.126 e. The molecule has 35 heavy (non-hydrogen) atoms. The van der Waals surface area contributed by atoms with Crippen LogP contribution in [-0.2, 0) is 6.42 Å². The lowest BCUT2D eigenvalue weighted by Crippen LogP contribution is -2.04. The number of rotatable bonds is 9. The predicted molar refractivity (Wildman–Crippen MR) is 156 cm³/mol. The van der Waals surface area contributed by atoms with Gasteiger partial charge in [-0.3, -0.25) is 0 Å². The van der Waals surface area contributed by atoms with Gasteiger partial charge in [0.25, 0.3) is 0 Å². The molecule has 2 aromatic carbocycles. The van der Waals surface area contributed by atoms with Crippen LogP contribution in [0.25, 0.3) is 16.7 Å². The zero-order valence-corrected chi connectivity index (χ0v) is 23.2. The van der Waals surface area contributed by atoms with Crippen molar-refractivity contribution in [1.82, 2.24) is 4.98 Å². The zero-order chi connectivity index (χ0) is 25.8. The summed E-state index contributed by atoms with van der Waals surface area (Å²) in [6.45, 7) is 13.3. The lowest BCUT2D eigenvalue weighted by Gasteiger charge is -2.16. The fourth-order valence-electron chi connectivity index (χ4n) is 4.22. The van der Waals surface area contributed by atoms with Crippen molar-refractivity contribution in [3.63, 3.8) is 0 Å². The number of nitrogen functional groups attached to an aromatic ring is 1. The van der Waals surface area contributed by atoms with Crippen molar-refractivity contribution in [1.29, 1.82) is 0 Å². The SMILES string of the molecule is CCC=C(C)c1cccc(-c2cnc(N)c(CC(C)c3ccccc3Cl)c2)c1.CCCC(C)CC. The summed E-state index contributed by atoms with van der Waals surface area (Å²) in [4.78, 5) is 4.47. The lowest BCUT2D eigenvalue weighted by atomic mass is 9.92. The van der Waals surface area contributed by atoms with E-state index in [1.807, 2.05) is 24.4 Å². The van der Waals surface area contributed by atoms with E-state index in [1.54, 1.807) is 0 Å². The van der Waals surface area contributed by atoms with Crippen molar-refractivity contribution in [2.45, 2.75) is 79.6 Å². The molecule has 0 aliphatic carbocycles. The molecular weight excluding hydrogens is 448 g/mol. The Kier molecular flexibility index (Phi) is 12.1. The number of allylic oxidation sites excluding steroid dienone is 2. The van der Waals surface area contributed by atoms with E-state index in [1.165, 1.54) is 30.4 Å². The Balaban J connectivity index is 0.000000540. The highest BCUT2D eigenvalue weighted by molar-refractivity contribution is 6.31. The van der Waals surface area contributed by atoms with Crippen LogP contribution in [0.4, 0.5) is 5.82 Å². The molecule has 0 saturated heterocycles. The van der Waals surface area contributed by atoms with Crippen molar-refractivity contribution in [3.8, 4) is 11.1 Å². The van der Waals surface area contributed by atoms with Gasteiger partial charge in [-0.1, -0.05) is 108 Å². The van der Waals surface area contributed by atoms with Crippen molar-refractivity contribution in [3.05, 3.63) is 88.6 Å². The first-order valence-corrected chi connectivity index (χ1v) is 13.4. The van der Waals surface area contributed by atoms with Crippen LogP contribution in [0.2, 0.25) is 5.02 Å². The molecule has 3 rings (SSSR count). The number of pyridine rings is 1. The van der Waals surface area contributed by atoms with Gasteiger partial charge in [-0.25, -0.2) is 4.98 Å². The molecule has 0 spiro atoms. The summed E-state index contributed by atoms with van der Waals surface area (Å²) < 4.78 is 0. The van der Waals surface area contributed by atoms with Gasteiger partial charge in [0.05, 0.1) is 0 Å². The average molecular weight is 491 g/mol. The van der Waals surface area contributed by atoms with Crippen LogP contribution in [0.3, 0.4) is 0 Å². The van der Waals surface area contributed by atoms with Crippen molar-refractivity contribution >= 4 is 23.0 Å². The third kappa shape index (κ3) is 8.85. The molecule has 2 atom stereocenters. The number of nitrogens with two attached hydrogens (primary N) is 1. The Morgan fingerprint density at radius 3 is 2.37 bits per heavy atom. The van der Waals surface area contributed by atoms with E-state index in [4.69, 9.17) is 17.3 Å². The van der Waals surface area contributed by atoms with E-state index in [0.717, 1.165) is 46.0 Å². The van der Waals surface area contributed by atoms with E-state index in [-0.39, 0.29) is 5.92 Å². The Morgan fingerprint density at radius 2 is 1.74 bits per heavy atom. The van der Waals surface area contributed by atoms with Gasteiger partial charge >= 0.3 is 0 Å². The minimum atomic E-state index is 0.258. The topological polar surface area (TPSA) is 38.9 Å². The normalized spacial score (nSPS) is 13.1. The van der Waals surface area contributed by atoms with Crippen molar-refractivity contribution < 1.29 is 0 Å². The molecule has 2 unspecified atom stereocenters. The largest absolute Gasteiger partial charge is 0.383 e. The third-order valence-corrected chi connectivity index (χ3v) is 6.95. The summed E-state index contributed by atoms with van der Waals surface area (Å²) in [5, 5.41) is 0.795. The molecule has 0 bridgehead atoms. The summed E-state index contributed by atoms with van der Waals surface area (Å²) in [7, 11) is 0. The highest BCUT2D eigenvalue weighted by atomic mass is 35.5. The summed E-state index contributed by atoms with van der Waals surface area (Å²) in [5.41, 5.74) is 13.2. The minimum Gasteiger partial charge on any atom is -0.383 e. The van der Waals surface area contributed by atoms with Crippen LogP contribution >= 0.6 is 11.6 Å². The molecule has 1 aromatic heterocycles. The molecule has 0 aliphatic rings. The Labute approximate surface area is 218 Å². The van der Waals surface area contributed by atoms with Gasteiger partial charge in [0.1, 0.15) is 5.82 Å². The molecule has 3 heteroatoms. The van der Waals surface area contributed by atoms with Crippen LogP contribution < -0.4 is 5.73 Å². The predicted octanol–water partition coefficient (Wildman–Crippen LogP) is 9.98. The van der Waals surface area contributed by atoms with Crippen LogP contribution in [-0.4, -0.2) is 4.98 Å². The first-order chi connectivity index (χ1) is 16.8. The van der Waals surface area contributed by atoms with Gasteiger partial charge in [0.2, 0.25) is 0 Å². The summed E-state index contributed by atoms with van der Waals surface area (Å²) in [6, 6.07) is 18.7. The molecule has 0 amide bonds. The fourth-order valence-corrected chi connectivity index (χ4v) is 4.54. The van der Waals surface area contributed by atoms with E-state index >= 15 is 0 Å². The summed E-state index contributed by atoms with van der Waals surface area (Å²) >= 11 is 6.37. The highest BCUT2D eigenvalue weighted by Gasteiger charge is 2.13. The average Bonchev–Trinajstić information content (AvgIpc) is 2.86. The second-order valence-electron chi connectivity index (χ2n) is 9.57. The highest BCUT2D eigenvalue weighted by Crippen LogP contribution is 2.31. The first kappa shape index (κ1) is 28.7. The van der Waals surface area contributed by atoms with Gasteiger partial charge in [-0.15, -0.1) is 0 Å². The lowest BCUT2D eigenvalue weighted by molar-refractivity contribution is 0.509. The van der Waals surface area contributed by atoms with Gasteiger partial charge < -0.3 is 5.73 Å². The standard InChI is InChI=1S/C25H27ClN2.C7H16/c1-4-8-17(2)19-9-7-10-20(14-19)22-15-21(25(27)28-16-22)13-18(3)23-11-5-6-12-24(23)26;1-4-6-7(3)5-2/h5-12,14-16,18H,4,13H2,1-3H3,(H2,27,28);7H,4-6H2,1-3H3. The van der Waals surface area contributed by atoms with Gasteiger partial charge in [0.15, 0.2) is 0 Å². The van der Waals surface area contributed by atoms with Gasteiger partial charge in [-0.05, 0) is 77.6 Å². The van der Waals surface area contributed by atoms with Crippen LogP contribution in [0.15, 0.2) is 66.9 Å². The smallest absolute Gasteiger partial charge is 0.126 e. The molecule has 3 aromatic rings. The molecule has 0 radical (unpaired) electrons. The van der Waals surface area contributed by atoms with E-state index in [2.05, 4.69) is 89.0 Å². The van der Waals surface area contributed by atoms with Crippen LogP contribution in [0.5, 0.6) is 0 Å². The monoisotopic (exact) mass is 490 g/mol. The van der Waals surface area contributed by atoms with Crippen LogP contribution in [0, 0.1) is 5.92 Å². The minimum absolute atomic E-state index is 0.258. The zero-order valence-electron chi connectivity index (χ0n) is 22.4. The number of aromatic nitrogens is 1. The van der Waals surface area contributed by atoms with Gasteiger partial charge in [0, 0.05) is 16.8 Å². The van der Waals surface area contributed by atoms with Crippen molar-refractivity contribution in [2.75, 3.05) is 5.73 Å². The molecule has 1 heterocycles. The summed E-state index contributed by atoms with van der Waals surface area (Å²) in [6.07, 6.45) is 10.0. The maximum atomic E-state index is 6.37. The second kappa shape index (κ2) is 14.7. The van der Waals surface area contributed by atoms with Crippen molar-refractivity contribution in [2.24, 2.45) is 5.92 Å². The van der Waals surface area contributed by atoms with Crippen LogP contribution in [0.1, 0.15) is 89.8 Å². The molecule has 0 aliphatic heterocycles. The molecule has 188 valence electrons. The molecule has 2 N–H and O–H groups in total. The number of hydrogen-bond donors (Lipinski definition) is 1. The molecule has 2 nitrogen and oxygen atoms in total. The van der Waals surface area contributed by atoms with Gasteiger partial charge in [-0.2, -0.15) is 0 Å². The molecular formula is C32H43ClN2. The molecule has 0 fully saturated rings. The number of benzene rings is 2. The quantitative estimate of drug-likeness (QED) is 0.324. The number of hydrogen-bond acceptors (Lipinski definition) is 2. The third-order valence-electron chi connectivity index (χ3n) is 6.60. The maximum absolute atomic E-state index is 6.37. The summed E-state index contributed by atoms with van der Waals surface area (Å²) in [5.74, 6) is 1.79. The Morgan fingerprint density at radius 1 is 1.00 bits per heavy atom.